The van der Waals surface area contributed by atoms with E-state index in [-0.39, 0.29) is 11.6 Å². The number of carbonyl (C=O) groups excluding carboxylic acids is 1. The Balaban J connectivity index is 1.97. The Morgan fingerprint density at radius 3 is 2.79 bits per heavy atom. The topological polar surface area (TPSA) is 38.3 Å². The second-order valence-electron chi connectivity index (χ2n) is 5.01. The first-order chi connectivity index (χ1) is 8.98. The standard InChI is InChI=1S/C13H16BrFN2O2/c1-17(4-6-19-7-5-17)9-13(18)16-12-3-2-10(14)8-11(12)15/h2-3,8H,4-7,9H2,1H3/p+1. The van der Waals surface area contributed by atoms with Gasteiger partial charge in [0.1, 0.15) is 18.9 Å². The van der Waals surface area contributed by atoms with E-state index < -0.39 is 5.82 Å². The van der Waals surface area contributed by atoms with Gasteiger partial charge >= 0.3 is 0 Å². The maximum atomic E-state index is 13.6. The van der Waals surface area contributed by atoms with Crippen LogP contribution < -0.4 is 5.32 Å². The van der Waals surface area contributed by atoms with Gasteiger partial charge in [-0.1, -0.05) is 15.9 Å². The third-order valence-corrected chi connectivity index (χ3v) is 3.77. The zero-order chi connectivity index (χ0) is 13.9. The smallest absolute Gasteiger partial charge is 0.279 e. The number of nitrogens with one attached hydrogen (secondary N) is 1. The van der Waals surface area contributed by atoms with Gasteiger partial charge in [0, 0.05) is 4.47 Å². The molecule has 0 unspecified atom stereocenters. The van der Waals surface area contributed by atoms with Gasteiger partial charge in [-0.15, -0.1) is 0 Å². The number of nitrogens with zero attached hydrogens (tertiary/aromatic N) is 1. The summed E-state index contributed by atoms with van der Waals surface area (Å²) in [6.45, 7) is 3.26. The summed E-state index contributed by atoms with van der Waals surface area (Å²) in [7, 11) is 2.01. The summed E-state index contributed by atoms with van der Waals surface area (Å²) in [5.74, 6) is -0.613. The molecule has 0 bridgehead atoms. The van der Waals surface area contributed by atoms with Gasteiger partial charge in [-0.2, -0.15) is 0 Å². The predicted octanol–water partition coefficient (Wildman–Crippen LogP) is 2.00. The summed E-state index contributed by atoms with van der Waals surface area (Å²) < 4.78 is 20.2. The van der Waals surface area contributed by atoms with Gasteiger partial charge in [0.2, 0.25) is 0 Å². The molecule has 1 fully saturated rings. The van der Waals surface area contributed by atoms with Gasteiger partial charge in [0.05, 0.1) is 25.9 Å². The van der Waals surface area contributed by atoms with Gasteiger partial charge in [0.25, 0.3) is 5.91 Å². The first-order valence-corrected chi connectivity index (χ1v) is 6.94. The lowest BCUT2D eigenvalue weighted by atomic mass is 10.3. The van der Waals surface area contributed by atoms with Crippen molar-refractivity contribution in [3.05, 3.63) is 28.5 Å². The molecule has 1 aromatic carbocycles. The molecule has 1 N–H and O–H groups in total. The summed E-state index contributed by atoms with van der Waals surface area (Å²) in [4.78, 5) is 12.0. The quantitative estimate of drug-likeness (QED) is 0.860. The predicted molar refractivity (Wildman–Crippen MR) is 74.3 cm³/mol. The summed E-state index contributed by atoms with van der Waals surface area (Å²) >= 11 is 3.18. The Kier molecular flexibility index (Phi) is 4.54. The van der Waals surface area contributed by atoms with Crippen LogP contribution in [0.2, 0.25) is 0 Å². The highest BCUT2D eigenvalue weighted by atomic mass is 79.9. The van der Waals surface area contributed by atoms with E-state index in [0.717, 1.165) is 13.1 Å². The molecule has 104 valence electrons. The van der Waals surface area contributed by atoms with Crippen LogP contribution >= 0.6 is 15.9 Å². The molecule has 1 aliphatic rings. The molecule has 0 aliphatic carbocycles. The molecule has 1 amide bonds. The van der Waals surface area contributed by atoms with Crippen molar-refractivity contribution in [2.75, 3.05) is 45.2 Å². The van der Waals surface area contributed by atoms with Crippen LogP contribution in [-0.2, 0) is 9.53 Å². The number of amides is 1. The third-order valence-electron chi connectivity index (χ3n) is 3.28. The summed E-state index contributed by atoms with van der Waals surface area (Å²) in [6.07, 6.45) is 0. The molecular weight excluding hydrogens is 315 g/mol. The van der Waals surface area contributed by atoms with E-state index in [1.807, 2.05) is 7.05 Å². The van der Waals surface area contributed by atoms with Crippen LogP contribution in [0.25, 0.3) is 0 Å². The minimum absolute atomic E-state index is 0.175. The molecular formula is C13H17BrFN2O2+. The molecule has 19 heavy (non-hydrogen) atoms. The van der Waals surface area contributed by atoms with Crippen LogP contribution in [0.15, 0.2) is 22.7 Å². The highest BCUT2D eigenvalue weighted by molar-refractivity contribution is 9.10. The Bertz CT molecular complexity index is 476. The summed E-state index contributed by atoms with van der Waals surface area (Å²) in [5.41, 5.74) is 0.216. The average Bonchev–Trinajstić information content (AvgIpc) is 2.33. The van der Waals surface area contributed by atoms with Crippen LogP contribution in [0.5, 0.6) is 0 Å². The molecule has 2 rings (SSSR count). The van der Waals surface area contributed by atoms with Gasteiger partial charge in [-0.25, -0.2) is 4.39 Å². The fourth-order valence-electron chi connectivity index (χ4n) is 2.07. The van der Waals surface area contributed by atoms with Crippen LogP contribution in [0.3, 0.4) is 0 Å². The fraction of sp³-hybridized carbons (Fsp3) is 0.462. The zero-order valence-corrected chi connectivity index (χ0v) is 12.4. The van der Waals surface area contributed by atoms with E-state index in [2.05, 4.69) is 21.2 Å². The average molecular weight is 332 g/mol. The molecule has 0 aromatic heterocycles. The fourth-order valence-corrected chi connectivity index (χ4v) is 2.40. The normalized spacial score (nSPS) is 18.1. The molecule has 0 spiro atoms. The second-order valence-corrected chi connectivity index (χ2v) is 5.93. The van der Waals surface area contributed by atoms with Gasteiger partial charge in [-0.05, 0) is 18.2 Å². The molecule has 1 aromatic rings. The van der Waals surface area contributed by atoms with Crippen molar-refractivity contribution in [1.82, 2.24) is 0 Å². The number of hydrogen-bond acceptors (Lipinski definition) is 2. The number of hydrogen-bond donors (Lipinski definition) is 1. The van der Waals surface area contributed by atoms with Gasteiger partial charge < -0.3 is 14.5 Å². The number of halogens is 2. The highest BCUT2D eigenvalue weighted by Gasteiger charge is 2.28. The number of rotatable bonds is 3. The molecule has 6 heteroatoms. The second kappa shape index (κ2) is 5.98. The zero-order valence-electron chi connectivity index (χ0n) is 10.8. The van der Waals surface area contributed by atoms with Crippen LogP contribution in [0, 0.1) is 5.82 Å². The Labute approximate surface area is 120 Å². The number of anilines is 1. The van der Waals surface area contributed by atoms with Crippen molar-refractivity contribution >= 4 is 27.5 Å². The van der Waals surface area contributed by atoms with Crippen molar-refractivity contribution in [2.24, 2.45) is 0 Å². The van der Waals surface area contributed by atoms with Crippen molar-refractivity contribution in [1.29, 1.82) is 0 Å². The lowest BCUT2D eigenvalue weighted by Gasteiger charge is -2.36. The first-order valence-electron chi connectivity index (χ1n) is 6.15. The molecule has 1 saturated heterocycles. The van der Waals surface area contributed by atoms with E-state index in [9.17, 15) is 9.18 Å². The Morgan fingerprint density at radius 2 is 2.16 bits per heavy atom. The number of benzene rings is 1. The molecule has 0 saturated carbocycles. The number of morpholine rings is 1. The number of likely N-dealkylation sites (N-methyl/N-ethyl adjacent to an activating group) is 1. The Morgan fingerprint density at radius 1 is 1.47 bits per heavy atom. The third kappa shape index (κ3) is 3.99. The lowest BCUT2D eigenvalue weighted by Crippen LogP contribution is -2.55. The summed E-state index contributed by atoms with van der Waals surface area (Å²) in [5, 5.41) is 2.62. The lowest BCUT2D eigenvalue weighted by molar-refractivity contribution is -0.909. The highest BCUT2D eigenvalue weighted by Crippen LogP contribution is 2.19. The molecule has 0 radical (unpaired) electrons. The molecule has 1 heterocycles. The van der Waals surface area contributed by atoms with E-state index in [1.165, 1.54) is 6.07 Å². The summed E-state index contributed by atoms with van der Waals surface area (Å²) in [6, 6.07) is 4.58. The Hall–Kier alpha value is -0.980. The SMILES string of the molecule is C[N+]1(CC(=O)Nc2ccc(Br)cc2F)CCOCC1. The van der Waals surface area contributed by atoms with E-state index in [4.69, 9.17) is 4.74 Å². The first kappa shape index (κ1) is 14.4. The van der Waals surface area contributed by atoms with Crippen molar-refractivity contribution in [2.45, 2.75) is 0 Å². The number of carbonyl (C=O) groups is 1. The largest absolute Gasteiger partial charge is 0.370 e. The number of quaternary nitrogens is 1. The van der Waals surface area contributed by atoms with Crippen molar-refractivity contribution in [3.63, 3.8) is 0 Å². The minimum atomic E-state index is -0.438. The molecule has 0 atom stereocenters. The van der Waals surface area contributed by atoms with Crippen LogP contribution in [0.1, 0.15) is 0 Å². The van der Waals surface area contributed by atoms with Crippen molar-refractivity contribution in [3.8, 4) is 0 Å². The number of ether oxygens (including phenoxy) is 1. The molecule has 4 nitrogen and oxygen atoms in total. The monoisotopic (exact) mass is 331 g/mol. The van der Waals surface area contributed by atoms with Crippen LogP contribution in [0.4, 0.5) is 10.1 Å². The maximum absolute atomic E-state index is 13.6. The van der Waals surface area contributed by atoms with Crippen LogP contribution in [-0.4, -0.2) is 50.3 Å². The maximum Gasteiger partial charge on any atom is 0.279 e. The van der Waals surface area contributed by atoms with E-state index in [0.29, 0.717) is 28.7 Å². The van der Waals surface area contributed by atoms with E-state index >= 15 is 0 Å². The van der Waals surface area contributed by atoms with E-state index in [1.54, 1.807) is 12.1 Å². The molecule has 1 aliphatic heterocycles. The van der Waals surface area contributed by atoms with Gasteiger partial charge in [-0.3, -0.25) is 4.79 Å². The van der Waals surface area contributed by atoms with Gasteiger partial charge in [0.15, 0.2) is 6.54 Å². The van der Waals surface area contributed by atoms with Crippen molar-refractivity contribution < 1.29 is 18.4 Å². The minimum Gasteiger partial charge on any atom is -0.370 e.